The lowest BCUT2D eigenvalue weighted by Gasteiger charge is -2.08. The van der Waals surface area contributed by atoms with Crippen LogP contribution < -0.4 is 5.32 Å². The number of hydrogen-bond acceptors (Lipinski definition) is 9. The number of aromatic nitrogens is 3. The van der Waals surface area contributed by atoms with Crippen molar-refractivity contribution in [2.75, 3.05) is 11.9 Å². The SMILES string of the molecule is CCOC(=O)c1cc(CNc2nccc(C(C#N)c3nc4ccccc4o3)n2)c(C)o1. The molecule has 0 saturated carbocycles. The quantitative estimate of drug-likeness (QED) is 0.444. The minimum absolute atomic E-state index is 0.145. The fourth-order valence-electron chi connectivity index (χ4n) is 3.05. The predicted molar refractivity (Wildman–Crippen MR) is 110 cm³/mol. The maximum atomic E-state index is 11.8. The summed E-state index contributed by atoms with van der Waals surface area (Å²) in [7, 11) is 0. The first-order valence-electron chi connectivity index (χ1n) is 9.67. The molecule has 0 spiro atoms. The molecule has 4 rings (SSSR count). The van der Waals surface area contributed by atoms with Gasteiger partial charge in [0.1, 0.15) is 11.3 Å². The van der Waals surface area contributed by atoms with Gasteiger partial charge < -0.3 is 18.9 Å². The molecule has 0 fully saturated rings. The van der Waals surface area contributed by atoms with Crippen LogP contribution in [0.2, 0.25) is 0 Å². The molecule has 9 heteroatoms. The number of rotatable bonds is 7. The lowest BCUT2D eigenvalue weighted by atomic mass is 10.1. The summed E-state index contributed by atoms with van der Waals surface area (Å²) < 4.78 is 16.2. The molecule has 4 aromatic rings. The third-order valence-electron chi connectivity index (χ3n) is 4.59. The van der Waals surface area contributed by atoms with Gasteiger partial charge in [0, 0.05) is 18.3 Å². The first-order valence-corrected chi connectivity index (χ1v) is 9.67. The number of esters is 1. The van der Waals surface area contributed by atoms with Gasteiger partial charge >= 0.3 is 5.97 Å². The Bertz CT molecular complexity index is 1240. The summed E-state index contributed by atoms with van der Waals surface area (Å²) in [5.74, 6) is 0.0528. The van der Waals surface area contributed by atoms with Crippen LogP contribution in [0.3, 0.4) is 0 Å². The molecule has 1 atom stereocenters. The highest BCUT2D eigenvalue weighted by Gasteiger charge is 2.22. The number of nitrogens with one attached hydrogen (secondary N) is 1. The van der Waals surface area contributed by atoms with E-state index in [1.807, 2.05) is 18.2 Å². The minimum atomic E-state index is -0.776. The lowest BCUT2D eigenvalue weighted by molar-refractivity contribution is 0.0488. The van der Waals surface area contributed by atoms with E-state index in [4.69, 9.17) is 13.6 Å². The number of para-hydroxylation sites is 2. The highest BCUT2D eigenvalue weighted by atomic mass is 16.5. The summed E-state index contributed by atoms with van der Waals surface area (Å²) in [6.07, 6.45) is 1.56. The number of nitriles is 1. The van der Waals surface area contributed by atoms with Crippen LogP contribution in [0.25, 0.3) is 11.1 Å². The number of hydrogen-bond donors (Lipinski definition) is 1. The first kappa shape index (κ1) is 20.1. The zero-order valence-corrected chi connectivity index (χ0v) is 17.0. The molecule has 0 radical (unpaired) electrons. The molecule has 1 unspecified atom stereocenters. The van der Waals surface area contributed by atoms with Crippen LogP contribution in [-0.4, -0.2) is 27.5 Å². The molecule has 0 saturated heterocycles. The Hall–Kier alpha value is -4.19. The number of aryl methyl sites for hydroxylation is 1. The van der Waals surface area contributed by atoms with E-state index >= 15 is 0 Å². The Balaban J connectivity index is 1.52. The van der Waals surface area contributed by atoms with Crippen molar-refractivity contribution in [2.24, 2.45) is 0 Å². The van der Waals surface area contributed by atoms with Crippen LogP contribution in [0.15, 0.2) is 51.4 Å². The molecule has 9 nitrogen and oxygen atoms in total. The lowest BCUT2D eigenvalue weighted by Crippen LogP contribution is -2.08. The van der Waals surface area contributed by atoms with Crippen LogP contribution >= 0.6 is 0 Å². The van der Waals surface area contributed by atoms with Crippen LogP contribution in [0.4, 0.5) is 5.95 Å². The number of benzene rings is 1. The van der Waals surface area contributed by atoms with E-state index in [9.17, 15) is 10.1 Å². The summed E-state index contributed by atoms with van der Waals surface area (Å²) in [5.41, 5.74) is 2.52. The second-order valence-electron chi connectivity index (χ2n) is 6.65. The van der Waals surface area contributed by atoms with Gasteiger partial charge in [0.05, 0.1) is 18.4 Å². The molecule has 0 aliphatic rings. The normalized spacial score (nSPS) is 11.8. The summed E-state index contributed by atoms with van der Waals surface area (Å²) in [6, 6.07) is 12.8. The number of anilines is 1. The average molecular weight is 417 g/mol. The highest BCUT2D eigenvalue weighted by molar-refractivity contribution is 5.86. The molecule has 0 aliphatic carbocycles. The number of carbonyl (C=O) groups excluding carboxylic acids is 1. The van der Waals surface area contributed by atoms with Crippen molar-refractivity contribution < 1.29 is 18.4 Å². The summed E-state index contributed by atoms with van der Waals surface area (Å²) in [4.78, 5) is 24.9. The molecule has 3 aromatic heterocycles. The van der Waals surface area contributed by atoms with Crippen molar-refractivity contribution in [3.8, 4) is 6.07 Å². The Kier molecular flexibility index (Phi) is 5.62. The average Bonchev–Trinajstić information content (AvgIpc) is 3.36. The molecule has 0 amide bonds. The van der Waals surface area contributed by atoms with Gasteiger partial charge in [0.25, 0.3) is 0 Å². The van der Waals surface area contributed by atoms with Gasteiger partial charge in [0.15, 0.2) is 11.5 Å². The van der Waals surface area contributed by atoms with E-state index < -0.39 is 11.9 Å². The number of carbonyl (C=O) groups is 1. The van der Waals surface area contributed by atoms with Crippen LogP contribution in [-0.2, 0) is 11.3 Å². The third kappa shape index (κ3) is 4.23. The van der Waals surface area contributed by atoms with Gasteiger partial charge in [-0.15, -0.1) is 0 Å². The number of fused-ring (bicyclic) bond motifs is 1. The first-order chi connectivity index (χ1) is 15.1. The topological polar surface area (TPSA) is 127 Å². The van der Waals surface area contributed by atoms with Gasteiger partial charge in [0.2, 0.25) is 17.6 Å². The molecule has 0 aliphatic heterocycles. The Morgan fingerprint density at radius 2 is 2.10 bits per heavy atom. The van der Waals surface area contributed by atoms with Gasteiger partial charge in [-0.1, -0.05) is 12.1 Å². The molecule has 1 N–H and O–H groups in total. The fraction of sp³-hybridized carbons (Fsp3) is 0.227. The van der Waals surface area contributed by atoms with E-state index in [1.54, 1.807) is 38.2 Å². The molecule has 1 aromatic carbocycles. The van der Waals surface area contributed by atoms with Crippen molar-refractivity contribution in [1.29, 1.82) is 5.26 Å². The molecule has 31 heavy (non-hydrogen) atoms. The zero-order chi connectivity index (χ0) is 21.8. The summed E-state index contributed by atoms with van der Waals surface area (Å²) >= 11 is 0. The van der Waals surface area contributed by atoms with E-state index in [2.05, 4.69) is 26.3 Å². The van der Waals surface area contributed by atoms with Gasteiger partial charge in [-0.2, -0.15) is 5.26 Å². The fourth-order valence-corrected chi connectivity index (χ4v) is 3.05. The van der Waals surface area contributed by atoms with E-state index in [-0.39, 0.29) is 18.3 Å². The maximum absolute atomic E-state index is 11.8. The van der Waals surface area contributed by atoms with Gasteiger partial charge in [-0.05, 0) is 38.1 Å². The highest BCUT2D eigenvalue weighted by Crippen LogP contribution is 2.26. The number of furan rings is 1. The summed E-state index contributed by atoms with van der Waals surface area (Å²) in [6.45, 7) is 4.09. The Morgan fingerprint density at radius 3 is 2.87 bits per heavy atom. The van der Waals surface area contributed by atoms with Crippen LogP contribution in [0.1, 0.15) is 46.3 Å². The van der Waals surface area contributed by atoms with E-state index in [0.29, 0.717) is 35.0 Å². The van der Waals surface area contributed by atoms with Crippen LogP contribution in [0, 0.1) is 18.3 Å². The molecule has 156 valence electrons. The van der Waals surface area contributed by atoms with Crippen molar-refractivity contribution in [2.45, 2.75) is 26.3 Å². The largest absolute Gasteiger partial charge is 0.460 e. The summed E-state index contributed by atoms with van der Waals surface area (Å²) in [5, 5.41) is 12.8. The van der Waals surface area contributed by atoms with E-state index in [0.717, 1.165) is 5.56 Å². The smallest absolute Gasteiger partial charge is 0.374 e. The Morgan fingerprint density at radius 1 is 1.26 bits per heavy atom. The van der Waals surface area contributed by atoms with Gasteiger partial charge in [-0.3, -0.25) is 0 Å². The third-order valence-corrected chi connectivity index (χ3v) is 4.59. The zero-order valence-electron chi connectivity index (χ0n) is 17.0. The number of oxazole rings is 1. The monoisotopic (exact) mass is 417 g/mol. The maximum Gasteiger partial charge on any atom is 0.374 e. The number of nitrogens with zero attached hydrogens (tertiary/aromatic N) is 4. The van der Waals surface area contributed by atoms with Crippen molar-refractivity contribution in [3.63, 3.8) is 0 Å². The predicted octanol–water partition coefficient (Wildman–Crippen LogP) is 3.96. The van der Waals surface area contributed by atoms with Gasteiger partial charge in [-0.25, -0.2) is 19.7 Å². The molecular formula is C22H19N5O4. The van der Waals surface area contributed by atoms with Crippen molar-refractivity contribution in [3.05, 3.63) is 71.3 Å². The standard InChI is InChI=1S/C22H19N5O4/c1-3-29-21(28)19-10-14(13(2)30-19)12-25-22-24-9-8-16(27-22)15(11-23)20-26-17-6-4-5-7-18(17)31-20/h4-10,15H,3,12H2,1-2H3,(H,24,25,27). The second kappa shape index (κ2) is 8.67. The molecule has 0 bridgehead atoms. The van der Waals surface area contributed by atoms with Crippen molar-refractivity contribution >= 4 is 23.0 Å². The molecular weight excluding hydrogens is 398 g/mol. The van der Waals surface area contributed by atoms with E-state index in [1.165, 1.54) is 0 Å². The number of ether oxygens (including phenoxy) is 1. The van der Waals surface area contributed by atoms with Crippen LogP contribution in [0.5, 0.6) is 0 Å². The second-order valence-corrected chi connectivity index (χ2v) is 6.65. The Labute approximate surface area is 177 Å². The van der Waals surface area contributed by atoms with Crippen molar-refractivity contribution in [1.82, 2.24) is 15.0 Å². The minimum Gasteiger partial charge on any atom is -0.460 e. The molecule has 3 heterocycles.